The molecule has 0 aliphatic rings. The van der Waals surface area contributed by atoms with E-state index in [1.807, 2.05) is 0 Å². The van der Waals surface area contributed by atoms with Crippen LogP contribution in [0.4, 0.5) is 52.7 Å². The Labute approximate surface area is 156 Å². The average Bonchev–Trinajstić information content (AvgIpc) is 2.34. The molecule has 28 heavy (non-hydrogen) atoms. The van der Waals surface area contributed by atoms with E-state index in [9.17, 15) is 62.3 Å². The van der Waals surface area contributed by atoms with Gasteiger partial charge in [0.05, 0.1) is 0 Å². The minimum absolute atomic E-state index is 0. The van der Waals surface area contributed by atoms with Gasteiger partial charge in [-0.2, -0.15) is 52.7 Å². The number of rotatable bonds is 2. The maximum atomic E-state index is 11.4. The van der Waals surface area contributed by atoms with E-state index >= 15 is 0 Å². The van der Waals surface area contributed by atoms with Crippen LogP contribution in [-0.4, -0.2) is 52.0 Å². The van der Waals surface area contributed by atoms with Crippen LogP contribution < -0.4 is 0 Å². The second kappa shape index (κ2) is 11.2. The van der Waals surface area contributed by atoms with Gasteiger partial charge in [0.2, 0.25) is 11.5 Å². The van der Waals surface area contributed by atoms with Crippen LogP contribution in [-0.2, 0) is 26.7 Å². The topological polar surface area (TPSA) is 106 Å². The number of hydrogen-bond donors (Lipinski definition) is 2. The predicted octanol–water partition coefficient (Wildman–Crippen LogP) is 3.42. The smallest absolute Gasteiger partial charge is 0.454 e. The van der Waals surface area contributed by atoms with Gasteiger partial charge in [0.1, 0.15) is 0 Å². The molecule has 4 N–H and O–H groups in total. The van der Waals surface area contributed by atoms with Gasteiger partial charge in [0.25, 0.3) is 11.6 Å². The maximum absolute atomic E-state index is 11.4. The molecule has 0 aromatic heterocycles. The molecule has 0 aliphatic heterocycles. The summed E-state index contributed by atoms with van der Waals surface area (Å²) in [5.41, 5.74) is 0. The number of carbonyl (C=O) groups is 2. The minimum atomic E-state index is -5.42. The van der Waals surface area contributed by atoms with Crippen molar-refractivity contribution in [2.45, 2.75) is 24.7 Å². The van der Waals surface area contributed by atoms with Crippen LogP contribution in [0, 0.1) is 0 Å². The molecule has 0 saturated carbocycles. The summed E-state index contributed by atoms with van der Waals surface area (Å²) in [6.07, 6.45) is -23.4. The Kier molecular flexibility index (Phi) is 13.4. The summed E-state index contributed by atoms with van der Waals surface area (Å²) in [5.74, 6) is -10.7. The van der Waals surface area contributed by atoms with Gasteiger partial charge >= 0.3 is 24.7 Å². The summed E-state index contributed by atoms with van der Waals surface area (Å²) in [4.78, 5) is 19.7. The van der Waals surface area contributed by atoms with E-state index in [-0.39, 0.29) is 22.5 Å². The standard InChI is InChI=1S/2C5H2F6O2.Cu.H2O/c2*6-4(7,8)2(12)1-3(13)5(9,10)11;;/h2*1,12H;;1H2. The number of ketones is 2. The summed E-state index contributed by atoms with van der Waals surface area (Å²) >= 11 is 0. The monoisotopic (exact) mass is 497 g/mol. The summed E-state index contributed by atoms with van der Waals surface area (Å²) < 4.78 is 136. The molecule has 0 heterocycles. The zero-order chi connectivity index (χ0) is 21.7. The molecule has 0 saturated heterocycles. The summed E-state index contributed by atoms with van der Waals surface area (Å²) in [7, 11) is 0. The summed E-state index contributed by atoms with van der Waals surface area (Å²) in [5, 5.41) is 15.9. The third-order valence-corrected chi connectivity index (χ3v) is 1.68. The molecule has 0 unspecified atom stereocenters. The minimum Gasteiger partial charge on any atom is -0.504 e. The Hall–Kier alpha value is -1.94. The molecule has 1 radical (unpaired) electrons. The van der Waals surface area contributed by atoms with Crippen LogP contribution in [0.15, 0.2) is 23.7 Å². The van der Waals surface area contributed by atoms with Crippen molar-refractivity contribution < 1.29 is 95.0 Å². The van der Waals surface area contributed by atoms with Crippen LogP contribution >= 0.6 is 0 Å². The summed E-state index contributed by atoms with van der Waals surface area (Å²) in [6.45, 7) is 0. The zero-order valence-electron chi connectivity index (χ0n) is 12.2. The Morgan fingerprint density at radius 3 is 0.821 bits per heavy atom. The van der Waals surface area contributed by atoms with Crippen LogP contribution in [0.3, 0.4) is 0 Å². The SMILES string of the molecule is O.O=C(C=C(O)C(F)(F)F)C(F)(F)F.O=C(C=C(O)C(F)(F)F)C(F)(F)F.[Cu]. The molecule has 171 valence electrons. The van der Waals surface area contributed by atoms with Gasteiger partial charge in [0, 0.05) is 29.2 Å². The van der Waals surface area contributed by atoms with E-state index in [1.165, 1.54) is 0 Å². The molecule has 5 nitrogen and oxygen atoms in total. The quantitative estimate of drug-likeness (QED) is 0.264. The number of carbonyl (C=O) groups excluding carboxylic acids is 2. The first-order chi connectivity index (χ1) is 11.1. The fraction of sp³-hybridized carbons (Fsp3) is 0.400. The number of halogens is 12. The predicted molar refractivity (Wildman–Crippen MR) is 59.3 cm³/mol. The maximum Gasteiger partial charge on any atom is 0.454 e. The first-order valence-corrected chi connectivity index (χ1v) is 5.28. The van der Waals surface area contributed by atoms with Crippen molar-refractivity contribution in [1.29, 1.82) is 0 Å². The summed E-state index contributed by atoms with van der Waals surface area (Å²) in [6, 6.07) is 0. The number of aliphatic hydroxyl groups excluding tert-OH is 2. The van der Waals surface area contributed by atoms with Gasteiger partial charge in [0.15, 0.2) is 0 Å². The van der Waals surface area contributed by atoms with Crippen molar-refractivity contribution in [3.05, 3.63) is 23.7 Å². The van der Waals surface area contributed by atoms with E-state index in [4.69, 9.17) is 10.2 Å². The molecule has 0 atom stereocenters. The molecular weight excluding hydrogens is 492 g/mol. The molecule has 0 bridgehead atoms. The van der Waals surface area contributed by atoms with Crippen molar-refractivity contribution in [1.82, 2.24) is 0 Å². The Morgan fingerprint density at radius 1 is 0.536 bits per heavy atom. The van der Waals surface area contributed by atoms with Crippen LogP contribution in [0.5, 0.6) is 0 Å². The molecule has 0 amide bonds. The Bertz CT molecular complexity index is 530. The van der Waals surface area contributed by atoms with E-state index in [1.54, 1.807) is 0 Å². The molecule has 18 heteroatoms. The first kappa shape index (κ1) is 33.6. The van der Waals surface area contributed by atoms with Crippen molar-refractivity contribution in [3.63, 3.8) is 0 Å². The molecule has 0 aromatic rings. The van der Waals surface area contributed by atoms with E-state index in [0.717, 1.165) is 0 Å². The van der Waals surface area contributed by atoms with Crippen molar-refractivity contribution in [2.24, 2.45) is 0 Å². The molecule has 0 spiro atoms. The normalized spacial score (nSPS) is 13.4. The van der Waals surface area contributed by atoms with Crippen molar-refractivity contribution >= 4 is 11.6 Å². The van der Waals surface area contributed by atoms with Crippen molar-refractivity contribution in [2.75, 3.05) is 0 Å². The van der Waals surface area contributed by atoms with Gasteiger partial charge < -0.3 is 15.7 Å². The number of allylic oxidation sites excluding steroid dienone is 4. The van der Waals surface area contributed by atoms with Crippen molar-refractivity contribution in [3.8, 4) is 0 Å². The molecule has 0 fully saturated rings. The van der Waals surface area contributed by atoms with Gasteiger partial charge in [-0.05, 0) is 0 Å². The second-order valence-electron chi connectivity index (χ2n) is 3.78. The number of alkyl halides is 12. The molecular formula is C10H6CuF12O5. The molecule has 0 rings (SSSR count). The van der Waals surface area contributed by atoms with Crippen LogP contribution in [0.2, 0.25) is 0 Å². The fourth-order valence-corrected chi connectivity index (χ4v) is 0.576. The largest absolute Gasteiger partial charge is 0.504 e. The Morgan fingerprint density at radius 2 is 0.714 bits per heavy atom. The van der Waals surface area contributed by atoms with Gasteiger partial charge in [-0.25, -0.2) is 0 Å². The number of aliphatic hydroxyl groups is 2. The van der Waals surface area contributed by atoms with Gasteiger partial charge in [-0.3, -0.25) is 9.59 Å². The fourth-order valence-electron chi connectivity index (χ4n) is 0.576. The first-order valence-electron chi connectivity index (χ1n) is 5.28. The van der Waals surface area contributed by atoms with E-state index in [0.29, 0.717) is 0 Å². The average molecular weight is 498 g/mol. The van der Waals surface area contributed by atoms with Gasteiger partial charge in [-0.1, -0.05) is 0 Å². The Balaban J connectivity index is -0.000000192. The zero-order valence-corrected chi connectivity index (χ0v) is 13.1. The van der Waals surface area contributed by atoms with E-state index < -0.39 is 59.9 Å². The molecule has 0 aliphatic carbocycles. The van der Waals surface area contributed by atoms with Crippen LogP contribution in [0.25, 0.3) is 0 Å². The number of hydrogen-bond acceptors (Lipinski definition) is 4. The molecule has 0 aromatic carbocycles. The van der Waals surface area contributed by atoms with Gasteiger partial charge in [-0.15, -0.1) is 0 Å². The third kappa shape index (κ3) is 14.2. The second-order valence-corrected chi connectivity index (χ2v) is 3.78. The third-order valence-electron chi connectivity index (χ3n) is 1.68. The van der Waals surface area contributed by atoms with E-state index in [2.05, 4.69) is 0 Å². The van der Waals surface area contributed by atoms with Crippen LogP contribution in [0.1, 0.15) is 0 Å².